The molecule has 2 aromatic carbocycles. The van der Waals surface area contributed by atoms with Crippen molar-refractivity contribution in [2.24, 2.45) is 0 Å². The minimum absolute atomic E-state index is 0.190. The van der Waals surface area contributed by atoms with Crippen LogP contribution in [0.2, 0.25) is 0 Å². The number of benzene rings is 2. The molecule has 1 unspecified atom stereocenters. The Bertz CT molecular complexity index is 703. The molecule has 3 N–H and O–H groups in total. The van der Waals surface area contributed by atoms with Gasteiger partial charge < -0.3 is 20.7 Å². The summed E-state index contributed by atoms with van der Waals surface area (Å²) in [7, 11) is 0. The Balaban J connectivity index is 1.72. The number of para-hydroxylation sites is 3. The van der Waals surface area contributed by atoms with Crippen LogP contribution in [-0.4, -0.2) is 30.9 Å². The molecule has 1 saturated heterocycles. The molecule has 2 aromatic rings. The summed E-state index contributed by atoms with van der Waals surface area (Å²) in [5.41, 5.74) is 0.557. The summed E-state index contributed by atoms with van der Waals surface area (Å²) in [6, 6.07) is 15.9. The number of piperazine rings is 1. The van der Waals surface area contributed by atoms with E-state index in [9.17, 15) is 9.59 Å². The molecule has 1 fully saturated rings. The summed E-state index contributed by atoms with van der Waals surface area (Å²) >= 11 is 0. The van der Waals surface area contributed by atoms with E-state index in [1.54, 1.807) is 12.1 Å². The lowest BCUT2D eigenvalue weighted by Crippen LogP contribution is -2.57. The Hall–Kier alpha value is -2.86. The van der Waals surface area contributed by atoms with Crippen molar-refractivity contribution in [2.45, 2.75) is 6.04 Å². The molecule has 0 aromatic heterocycles. The zero-order chi connectivity index (χ0) is 16.1. The van der Waals surface area contributed by atoms with Gasteiger partial charge in [-0.1, -0.05) is 30.3 Å². The van der Waals surface area contributed by atoms with E-state index in [-0.39, 0.29) is 18.4 Å². The summed E-state index contributed by atoms with van der Waals surface area (Å²) < 4.78 is 5.80. The van der Waals surface area contributed by atoms with Gasteiger partial charge >= 0.3 is 0 Å². The summed E-state index contributed by atoms with van der Waals surface area (Å²) in [6.45, 7) is 0.636. The number of rotatable bonds is 4. The number of carbonyl (C=O) groups excluding carboxylic acids is 2. The summed E-state index contributed by atoms with van der Waals surface area (Å²) in [6.07, 6.45) is 0. The smallest absolute Gasteiger partial charge is 0.248 e. The highest BCUT2D eigenvalue weighted by atomic mass is 16.5. The van der Waals surface area contributed by atoms with Gasteiger partial charge in [0.05, 0.1) is 12.2 Å². The second kappa shape index (κ2) is 6.93. The Kier molecular flexibility index (Phi) is 4.54. The van der Waals surface area contributed by atoms with Crippen LogP contribution in [0.3, 0.4) is 0 Å². The average Bonchev–Trinajstić information content (AvgIpc) is 2.57. The first-order chi connectivity index (χ1) is 11.2. The topological polar surface area (TPSA) is 79.5 Å². The molecule has 0 saturated carbocycles. The molecule has 6 nitrogen and oxygen atoms in total. The molecule has 6 heteroatoms. The van der Waals surface area contributed by atoms with Crippen molar-refractivity contribution in [3.05, 3.63) is 54.6 Å². The van der Waals surface area contributed by atoms with Crippen LogP contribution in [0.5, 0.6) is 11.5 Å². The first-order valence-electron chi connectivity index (χ1n) is 7.35. The van der Waals surface area contributed by atoms with Crippen LogP contribution in [0.4, 0.5) is 5.69 Å². The third-order valence-corrected chi connectivity index (χ3v) is 3.40. The second-order valence-corrected chi connectivity index (χ2v) is 5.15. The molecule has 0 bridgehead atoms. The Morgan fingerprint density at radius 2 is 1.83 bits per heavy atom. The molecule has 1 aliphatic rings. The van der Waals surface area contributed by atoms with Crippen molar-refractivity contribution in [2.75, 3.05) is 18.4 Å². The predicted molar refractivity (Wildman–Crippen MR) is 86.4 cm³/mol. The highest BCUT2D eigenvalue weighted by Crippen LogP contribution is 2.29. The summed E-state index contributed by atoms with van der Waals surface area (Å²) in [5, 5.41) is 8.36. The third kappa shape index (κ3) is 3.87. The Morgan fingerprint density at radius 3 is 2.61 bits per heavy atom. The van der Waals surface area contributed by atoms with E-state index in [1.807, 2.05) is 42.5 Å². The molecule has 118 valence electrons. The van der Waals surface area contributed by atoms with Crippen molar-refractivity contribution in [3.63, 3.8) is 0 Å². The van der Waals surface area contributed by atoms with Gasteiger partial charge in [0.15, 0.2) is 5.75 Å². The molecule has 0 aliphatic carbocycles. The monoisotopic (exact) mass is 311 g/mol. The van der Waals surface area contributed by atoms with Gasteiger partial charge in [0.1, 0.15) is 11.8 Å². The van der Waals surface area contributed by atoms with Gasteiger partial charge in [0.2, 0.25) is 11.8 Å². The van der Waals surface area contributed by atoms with Gasteiger partial charge in [0, 0.05) is 6.54 Å². The van der Waals surface area contributed by atoms with E-state index < -0.39 is 6.04 Å². The first-order valence-corrected chi connectivity index (χ1v) is 7.35. The van der Waals surface area contributed by atoms with Crippen molar-refractivity contribution < 1.29 is 14.3 Å². The van der Waals surface area contributed by atoms with Crippen LogP contribution in [-0.2, 0) is 9.59 Å². The second-order valence-electron chi connectivity index (χ2n) is 5.15. The van der Waals surface area contributed by atoms with Crippen LogP contribution < -0.4 is 20.7 Å². The quantitative estimate of drug-likeness (QED) is 0.799. The van der Waals surface area contributed by atoms with Gasteiger partial charge in [-0.3, -0.25) is 9.59 Å². The predicted octanol–water partition coefficient (Wildman–Crippen LogP) is 1.51. The minimum atomic E-state index is -0.596. The lowest BCUT2D eigenvalue weighted by Gasteiger charge is -2.23. The maximum Gasteiger partial charge on any atom is 0.248 e. The zero-order valence-corrected chi connectivity index (χ0v) is 12.4. The van der Waals surface area contributed by atoms with E-state index in [4.69, 9.17) is 4.74 Å². The van der Waals surface area contributed by atoms with Gasteiger partial charge in [-0.15, -0.1) is 0 Å². The van der Waals surface area contributed by atoms with E-state index in [2.05, 4.69) is 16.0 Å². The van der Waals surface area contributed by atoms with Crippen molar-refractivity contribution in [3.8, 4) is 11.5 Å². The SMILES string of the molecule is O=C1CNCC(C(=O)Nc2ccccc2Oc2ccccc2)N1. The highest BCUT2D eigenvalue weighted by Gasteiger charge is 2.24. The molecule has 0 radical (unpaired) electrons. The molecule has 1 heterocycles. The van der Waals surface area contributed by atoms with Crippen LogP contribution in [0.15, 0.2) is 54.6 Å². The minimum Gasteiger partial charge on any atom is -0.455 e. The number of hydrogen-bond acceptors (Lipinski definition) is 4. The van der Waals surface area contributed by atoms with Gasteiger partial charge in [0.25, 0.3) is 0 Å². The number of hydrogen-bond donors (Lipinski definition) is 3. The molecular formula is C17H17N3O3. The summed E-state index contributed by atoms with van der Waals surface area (Å²) in [4.78, 5) is 23.7. The third-order valence-electron chi connectivity index (χ3n) is 3.40. The summed E-state index contributed by atoms with van der Waals surface area (Å²) in [5.74, 6) is 0.754. The van der Waals surface area contributed by atoms with Crippen LogP contribution in [0.1, 0.15) is 0 Å². The standard InChI is InChI=1S/C17H17N3O3/c21-16-11-18-10-14(19-16)17(22)20-13-8-4-5-9-15(13)23-12-6-2-1-3-7-12/h1-9,14,18H,10-11H2,(H,19,21)(H,20,22). The molecular weight excluding hydrogens is 294 g/mol. The number of amides is 2. The zero-order valence-electron chi connectivity index (χ0n) is 12.4. The largest absolute Gasteiger partial charge is 0.455 e. The van der Waals surface area contributed by atoms with E-state index >= 15 is 0 Å². The molecule has 0 spiro atoms. The fourth-order valence-corrected chi connectivity index (χ4v) is 2.28. The molecule has 23 heavy (non-hydrogen) atoms. The number of ether oxygens (including phenoxy) is 1. The van der Waals surface area contributed by atoms with Gasteiger partial charge in [-0.05, 0) is 24.3 Å². The number of nitrogens with one attached hydrogen (secondary N) is 3. The average molecular weight is 311 g/mol. The molecule has 1 atom stereocenters. The van der Waals surface area contributed by atoms with Gasteiger partial charge in [-0.25, -0.2) is 0 Å². The van der Waals surface area contributed by atoms with E-state index in [0.29, 0.717) is 23.7 Å². The van der Waals surface area contributed by atoms with E-state index in [1.165, 1.54) is 0 Å². The molecule has 1 aliphatic heterocycles. The highest BCUT2D eigenvalue weighted by molar-refractivity contribution is 5.99. The van der Waals surface area contributed by atoms with Crippen LogP contribution in [0.25, 0.3) is 0 Å². The normalized spacial score (nSPS) is 17.2. The fourth-order valence-electron chi connectivity index (χ4n) is 2.28. The first kappa shape index (κ1) is 15.1. The number of carbonyl (C=O) groups is 2. The van der Waals surface area contributed by atoms with Crippen LogP contribution in [0, 0.1) is 0 Å². The lowest BCUT2D eigenvalue weighted by atomic mass is 10.2. The maximum absolute atomic E-state index is 12.3. The number of anilines is 1. The Morgan fingerprint density at radius 1 is 1.09 bits per heavy atom. The van der Waals surface area contributed by atoms with Crippen molar-refractivity contribution in [1.29, 1.82) is 0 Å². The maximum atomic E-state index is 12.3. The van der Waals surface area contributed by atoms with Crippen molar-refractivity contribution >= 4 is 17.5 Å². The fraction of sp³-hybridized carbons (Fsp3) is 0.176. The Labute approximate surface area is 133 Å². The molecule has 3 rings (SSSR count). The van der Waals surface area contributed by atoms with Crippen molar-refractivity contribution in [1.82, 2.24) is 10.6 Å². The van der Waals surface area contributed by atoms with E-state index in [0.717, 1.165) is 0 Å². The molecule has 2 amide bonds. The van der Waals surface area contributed by atoms with Gasteiger partial charge in [-0.2, -0.15) is 0 Å². The lowest BCUT2D eigenvalue weighted by molar-refractivity contribution is -0.127. The van der Waals surface area contributed by atoms with Crippen LogP contribution >= 0.6 is 0 Å².